The summed E-state index contributed by atoms with van der Waals surface area (Å²) in [5, 5.41) is 2.95. The van der Waals surface area contributed by atoms with Gasteiger partial charge in [0.15, 0.2) is 0 Å². The molecule has 0 amide bonds. The van der Waals surface area contributed by atoms with Gasteiger partial charge in [-0.25, -0.2) is 16.8 Å². The van der Waals surface area contributed by atoms with Gasteiger partial charge in [-0.05, 0) is 33.2 Å². The molecular formula is C17H36ClN5O6S2. The van der Waals surface area contributed by atoms with Gasteiger partial charge in [0.05, 0.1) is 18.6 Å². The first kappa shape index (κ1) is 31.7. The first-order valence-corrected chi connectivity index (χ1v) is 13.1. The third-order valence-corrected chi connectivity index (χ3v) is 5.96. The second-order valence-electron chi connectivity index (χ2n) is 7.38. The number of nitrogens with one attached hydrogen (secondary N) is 1. The Balaban J connectivity index is 0. The van der Waals surface area contributed by atoms with Crippen LogP contribution < -0.4 is 5.32 Å². The van der Waals surface area contributed by atoms with Crippen molar-refractivity contribution in [2.75, 3.05) is 59.2 Å². The molecule has 0 rings (SSSR count). The Bertz CT molecular complexity index is 781. The summed E-state index contributed by atoms with van der Waals surface area (Å²) in [6, 6.07) is 0. The molecule has 184 valence electrons. The summed E-state index contributed by atoms with van der Waals surface area (Å²) in [7, 11) is 1.37. The molecule has 0 saturated carbocycles. The maximum atomic E-state index is 11.5. The van der Waals surface area contributed by atoms with Crippen molar-refractivity contribution >= 4 is 50.3 Å². The number of nitrogens with zero attached hydrogens (tertiary/aromatic N) is 4. The third-order valence-electron chi connectivity index (χ3n) is 3.26. The van der Waals surface area contributed by atoms with E-state index in [2.05, 4.69) is 18.8 Å². The van der Waals surface area contributed by atoms with Gasteiger partial charge in [-0.1, -0.05) is 0 Å². The number of rotatable bonds is 13. The molecule has 0 fully saturated rings. The lowest BCUT2D eigenvalue weighted by Crippen LogP contribution is -2.48. The first-order valence-electron chi connectivity index (χ1n) is 9.37. The quantitative estimate of drug-likeness (QED) is 0.124. The van der Waals surface area contributed by atoms with Crippen LogP contribution >= 0.6 is 11.6 Å². The van der Waals surface area contributed by atoms with Crippen LogP contribution in [0.5, 0.6) is 0 Å². The van der Waals surface area contributed by atoms with Gasteiger partial charge >= 0.3 is 5.97 Å². The molecule has 0 radical (unpaired) electrons. The topological polar surface area (TPSA) is 138 Å². The van der Waals surface area contributed by atoms with Gasteiger partial charge in [0, 0.05) is 34.1 Å². The number of halogens is 1. The molecule has 0 aliphatic carbocycles. The van der Waals surface area contributed by atoms with Crippen LogP contribution in [0.1, 0.15) is 26.7 Å². The lowest BCUT2D eigenvalue weighted by atomic mass is 10.1. The van der Waals surface area contributed by atoms with E-state index in [9.17, 15) is 21.6 Å². The molecule has 1 N–H and O–H groups in total. The summed E-state index contributed by atoms with van der Waals surface area (Å²) in [4.78, 5) is 14.5. The molecule has 0 bridgehead atoms. The zero-order valence-corrected chi connectivity index (χ0v) is 21.7. The summed E-state index contributed by atoms with van der Waals surface area (Å²) in [6.07, 6.45) is 3.33. The van der Waals surface area contributed by atoms with Crippen LogP contribution in [-0.4, -0.2) is 110 Å². The molecule has 0 unspecified atom stereocenters. The molecule has 0 heterocycles. The van der Waals surface area contributed by atoms with E-state index >= 15 is 0 Å². The van der Waals surface area contributed by atoms with Gasteiger partial charge in [0.25, 0.3) is 20.0 Å². The van der Waals surface area contributed by atoms with Gasteiger partial charge in [-0.3, -0.25) is 4.79 Å². The number of esters is 1. The standard InChI is InChI=1S/C11H23N3O4S.C6H13ClN2O2S/c1-11(2,10(15)18-5)12-7-6-8-19(16,17)13-9-14(3)4;1-9(2)6-8-12(10,11)5-3-4-7/h9,12H,6-8H2,1-5H3;6H,3-5H2,1-2H3. The van der Waals surface area contributed by atoms with E-state index in [-0.39, 0.29) is 17.5 Å². The lowest BCUT2D eigenvalue weighted by Gasteiger charge is -2.22. The van der Waals surface area contributed by atoms with Crippen LogP contribution in [0.4, 0.5) is 0 Å². The summed E-state index contributed by atoms with van der Waals surface area (Å²) >= 11 is 5.34. The molecule has 0 aliphatic rings. The van der Waals surface area contributed by atoms with E-state index in [4.69, 9.17) is 11.6 Å². The molecule has 11 nitrogen and oxygen atoms in total. The van der Waals surface area contributed by atoms with Crippen molar-refractivity contribution in [2.45, 2.75) is 32.2 Å². The molecular weight excluding hydrogens is 470 g/mol. The Morgan fingerprint density at radius 2 is 1.39 bits per heavy atom. The maximum Gasteiger partial charge on any atom is 0.325 e. The van der Waals surface area contributed by atoms with Crippen LogP contribution in [0.2, 0.25) is 0 Å². The van der Waals surface area contributed by atoms with Gasteiger partial charge in [0.1, 0.15) is 18.2 Å². The Morgan fingerprint density at radius 3 is 1.74 bits per heavy atom. The fourth-order valence-corrected chi connectivity index (χ4v) is 3.84. The SMILES string of the molecule is CN(C)C=NS(=O)(=O)CCCCl.COC(=O)C(C)(C)NCCCS(=O)(=O)N=CN(C)C. The highest BCUT2D eigenvalue weighted by atomic mass is 35.5. The van der Waals surface area contributed by atoms with Gasteiger partial charge < -0.3 is 19.9 Å². The number of carbonyl (C=O) groups is 1. The molecule has 0 aromatic heterocycles. The molecule has 0 aromatic rings. The predicted octanol–water partition coefficient (Wildman–Crippen LogP) is 0.372. The van der Waals surface area contributed by atoms with E-state index in [0.29, 0.717) is 25.3 Å². The van der Waals surface area contributed by atoms with Crippen molar-refractivity contribution in [3.63, 3.8) is 0 Å². The monoisotopic (exact) mass is 505 g/mol. The number of sulfonamides is 2. The number of hydrogen-bond acceptors (Lipinski definition) is 7. The number of ether oxygens (including phenoxy) is 1. The molecule has 0 atom stereocenters. The van der Waals surface area contributed by atoms with E-state index in [1.54, 1.807) is 51.8 Å². The fourth-order valence-electron chi connectivity index (χ4n) is 1.66. The van der Waals surface area contributed by atoms with Crippen molar-refractivity contribution < 1.29 is 26.4 Å². The zero-order valence-electron chi connectivity index (χ0n) is 19.3. The van der Waals surface area contributed by atoms with Gasteiger partial charge in [0.2, 0.25) is 0 Å². The maximum absolute atomic E-state index is 11.5. The van der Waals surface area contributed by atoms with Crippen molar-refractivity contribution in [1.82, 2.24) is 15.1 Å². The Kier molecular flexibility index (Phi) is 15.7. The van der Waals surface area contributed by atoms with Crippen molar-refractivity contribution in [2.24, 2.45) is 8.80 Å². The van der Waals surface area contributed by atoms with Gasteiger partial charge in [-0.15, -0.1) is 11.6 Å². The Morgan fingerprint density at radius 1 is 0.968 bits per heavy atom. The van der Waals surface area contributed by atoms with E-state index < -0.39 is 25.6 Å². The van der Waals surface area contributed by atoms with Gasteiger partial charge in [-0.2, -0.15) is 8.80 Å². The highest BCUT2D eigenvalue weighted by Gasteiger charge is 2.27. The number of hydrogen-bond donors (Lipinski definition) is 1. The fraction of sp³-hybridized carbons (Fsp3) is 0.824. The number of alkyl halides is 1. The smallest absolute Gasteiger partial charge is 0.325 e. The van der Waals surface area contributed by atoms with Crippen molar-refractivity contribution in [3.05, 3.63) is 0 Å². The summed E-state index contributed by atoms with van der Waals surface area (Å²) in [5.41, 5.74) is -0.828. The second kappa shape index (κ2) is 15.4. The molecule has 0 aliphatic heterocycles. The average Bonchev–Trinajstić information content (AvgIpc) is 2.66. The van der Waals surface area contributed by atoms with E-state index in [1.165, 1.54) is 19.8 Å². The predicted molar refractivity (Wildman–Crippen MR) is 126 cm³/mol. The highest BCUT2D eigenvalue weighted by Crippen LogP contribution is 2.05. The van der Waals surface area contributed by atoms with E-state index in [1.807, 2.05) is 0 Å². The lowest BCUT2D eigenvalue weighted by molar-refractivity contribution is -0.147. The van der Waals surface area contributed by atoms with Crippen molar-refractivity contribution in [3.8, 4) is 0 Å². The minimum Gasteiger partial charge on any atom is -0.468 e. The summed E-state index contributed by atoms with van der Waals surface area (Å²) in [5.74, 6) is -0.0972. The van der Waals surface area contributed by atoms with Crippen LogP contribution in [-0.2, 0) is 29.6 Å². The second-order valence-corrected chi connectivity index (χ2v) is 11.3. The first-order chi connectivity index (χ1) is 14.1. The van der Waals surface area contributed by atoms with Crippen LogP contribution in [0, 0.1) is 0 Å². The van der Waals surface area contributed by atoms with Crippen molar-refractivity contribution in [1.29, 1.82) is 0 Å². The largest absolute Gasteiger partial charge is 0.468 e. The summed E-state index contributed by atoms with van der Waals surface area (Å²) < 4.78 is 56.6. The van der Waals surface area contributed by atoms with Crippen LogP contribution in [0.25, 0.3) is 0 Å². The molecule has 0 aromatic carbocycles. The van der Waals surface area contributed by atoms with E-state index in [0.717, 1.165) is 0 Å². The minimum absolute atomic E-state index is 0.0147. The molecule has 0 saturated heterocycles. The molecule has 14 heteroatoms. The Labute approximate surface area is 192 Å². The number of carbonyl (C=O) groups excluding carboxylic acids is 1. The van der Waals surface area contributed by atoms with Crippen LogP contribution in [0.3, 0.4) is 0 Å². The normalized spacial score (nSPS) is 12.5. The minimum atomic E-state index is -3.45. The Hall–Kier alpha value is -1.44. The molecule has 31 heavy (non-hydrogen) atoms. The highest BCUT2D eigenvalue weighted by molar-refractivity contribution is 7.90. The third kappa shape index (κ3) is 19.0. The average molecular weight is 506 g/mol. The molecule has 0 spiro atoms. The van der Waals surface area contributed by atoms with Crippen LogP contribution in [0.15, 0.2) is 8.80 Å². The number of methoxy groups -OCH3 is 1. The summed E-state index contributed by atoms with van der Waals surface area (Å²) in [6.45, 7) is 3.74. The zero-order chi connectivity index (χ0) is 24.7.